The van der Waals surface area contributed by atoms with Gasteiger partial charge in [-0.1, -0.05) is 30.3 Å². The number of carboxylic acids is 1. The van der Waals surface area contributed by atoms with E-state index >= 15 is 0 Å². The standard InChI is InChI=1S/C24H27NO5/c1-14-11-12-15(13-18(14)29-6)19-16-9-7-8-10-17(16)22(26)25(5)20(19)21(23(27)28)30-24(2,3)4/h7-13,21H,1-6H3,(H,27,28). The first-order chi connectivity index (χ1) is 14.0. The van der Waals surface area contributed by atoms with Crippen molar-refractivity contribution in [3.8, 4) is 16.9 Å². The lowest BCUT2D eigenvalue weighted by Gasteiger charge is -2.28. The van der Waals surface area contributed by atoms with Crippen molar-refractivity contribution < 1.29 is 19.4 Å². The maximum absolute atomic E-state index is 13.1. The SMILES string of the molecule is COc1cc(-c2c(C(OC(C)(C)C)C(=O)O)n(C)c(=O)c3ccccc23)ccc1C. The van der Waals surface area contributed by atoms with Crippen molar-refractivity contribution in [1.82, 2.24) is 4.57 Å². The molecule has 3 rings (SSSR count). The van der Waals surface area contributed by atoms with Crippen LogP contribution < -0.4 is 10.3 Å². The van der Waals surface area contributed by atoms with Gasteiger partial charge >= 0.3 is 5.97 Å². The first-order valence-electron chi connectivity index (χ1n) is 9.72. The summed E-state index contributed by atoms with van der Waals surface area (Å²) in [4.78, 5) is 25.4. The van der Waals surface area contributed by atoms with Gasteiger partial charge in [-0.05, 0) is 56.3 Å². The number of hydrogen-bond acceptors (Lipinski definition) is 4. The molecule has 1 heterocycles. The minimum atomic E-state index is -1.32. The number of carboxylic acid groups (broad SMARTS) is 1. The molecule has 0 saturated carbocycles. The summed E-state index contributed by atoms with van der Waals surface area (Å²) >= 11 is 0. The lowest BCUT2D eigenvalue weighted by atomic mass is 9.93. The Morgan fingerprint density at radius 3 is 2.30 bits per heavy atom. The maximum Gasteiger partial charge on any atom is 0.339 e. The summed E-state index contributed by atoms with van der Waals surface area (Å²) in [5.74, 6) is -0.476. The van der Waals surface area contributed by atoms with Crippen molar-refractivity contribution in [3.63, 3.8) is 0 Å². The maximum atomic E-state index is 13.1. The van der Waals surface area contributed by atoms with E-state index in [2.05, 4.69) is 0 Å². The number of ether oxygens (including phenoxy) is 2. The molecule has 1 N–H and O–H groups in total. The van der Waals surface area contributed by atoms with Crippen molar-refractivity contribution >= 4 is 16.7 Å². The highest BCUT2D eigenvalue weighted by Crippen LogP contribution is 2.38. The molecule has 2 aromatic carbocycles. The highest BCUT2D eigenvalue weighted by atomic mass is 16.5. The molecule has 0 aliphatic heterocycles. The van der Waals surface area contributed by atoms with Crippen molar-refractivity contribution in [2.45, 2.75) is 39.4 Å². The van der Waals surface area contributed by atoms with E-state index in [4.69, 9.17) is 9.47 Å². The normalized spacial score (nSPS) is 12.7. The molecule has 0 amide bonds. The fourth-order valence-corrected chi connectivity index (χ4v) is 3.65. The zero-order valence-corrected chi connectivity index (χ0v) is 18.1. The number of carbonyl (C=O) groups is 1. The second kappa shape index (κ2) is 7.95. The number of aliphatic carboxylic acids is 1. The van der Waals surface area contributed by atoms with Gasteiger partial charge in [0, 0.05) is 18.0 Å². The summed E-state index contributed by atoms with van der Waals surface area (Å²) in [6.07, 6.45) is -1.32. The molecule has 1 atom stereocenters. The Morgan fingerprint density at radius 1 is 1.10 bits per heavy atom. The van der Waals surface area contributed by atoms with Gasteiger partial charge in [-0.3, -0.25) is 4.79 Å². The molecule has 0 spiro atoms. The minimum absolute atomic E-state index is 0.271. The van der Waals surface area contributed by atoms with E-state index in [1.165, 1.54) is 4.57 Å². The predicted molar refractivity (Wildman–Crippen MR) is 117 cm³/mol. The Balaban J connectivity index is 2.48. The zero-order chi connectivity index (χ0) is 22.2. The molecule has 0 aliphatic carbocycles. The highest BCUT2D eigenvalue weighted by Gasteiger charge is 2.33. The quantitative estimate of drug-likeness (QED) is 0.673. The molecule has 0 aliphatic rings. The smallest absolute Gasteiger partial charge is 0.339 e. The number of rotatable bonds is 5. The summed E-state index contributed by atoms with van der Waals surface area (Å²) < 4.78 is 12.8. The van der Waals surface area contributed by atoms with E-state index in [-0.39, 0.29) is 5.56 Å². The fraction of sp³-hybridized carbons (Fsp3) is 0.333. The van der Waals surface area contributed by atoms with Gasteiger partial charge in [0.1, 0.15) is 5.75 Å². The van der Waals surface area contributed by atoms with Gasteiger partial charge in [0.2, 0.25) is 0 Å². The third kappa shape index (κ3) is 3.96. The molecule has 6 heteroatoms. The van der Waals surface area contributed by atoms with Gasteiger partial charge < -0.3 is 19.1 Å². The summed E-state index contributed by atoms with van der Waals surface area (Å²) in [5, 5.41) is 11.2. The average Bonchev–Trinajstić information content (AvgIpc) is 2.69. The number of fused-ring (bicyclic) bond motifs is 1. The van der Waals surface area contributed by atoms with Crippen LogP contribution in [-0.2, 0) is 16.6 Å². The number of methoxy groups -OCH3 is 1. The monoisotopic (exact) mass is 409 g/mol. The van der Waals surface area contributed by atoms with Gasteiger partial charge in [0.05, 0.1) is 18.4 Å². The summed E-state index contributed by atoms with van der Waals surface area (Å²) in [5.41, 5.74) is 1.65. The fourth-order valence-electron chi connectivity index (χ4n) is 3.65. The van der Waals surface area contributed by atoms with Crippen LogP contribution in [0.4, 0.5) is 0 Å². The van der Waals surface area contributed by atoms with Crippen molar-refractivity contribution in [1.29, 1.82) is 0 Å². The molecular weight excluding hydrogens is 382 g/mol. The summed E-state index contributed by atoms with van der Waals surface area (Å²) in [6.45, 7) is 7.30. The first-order valence-corrected chi connectivity index (χ1v) is 9.72. The van der Waals surface area contributed by atoms with Crippen LogP contribution in [0.5, 0.6) is 5.75 Å². The second-order valence-electron chi connectivity index (χ2n) is 8.30. The topological polar surface area (TPSA) is 77.8 Å². The van der Waals surface area contributed by atoms with E-state index in [0.717, 1.165) is 11.1 Å². The third-order valence-corrected chi connectivity index (χ3v) is 4.99. The van der Waals surface area contributed by atoms with E-state index in [9.17, 15) is 14.7 Å². The Hall–Kier alpha value is -3.12. The van der Waals surface area contributed by atoms with Crippen LogP contribution in [-0.4, -0.2) is 28.4 Å². The molecule has 158 valence electrons. The first kappa shape index (κ1) is 21.6. The van der Waals surface area contributed by atoms with Gasteiger partial charge in [-0.25, -0.2) is 4.79 Å². The van der Waals surface area contributed by atoms with Crippen LogP contribution in [0.1, 0.15) is 38.1 Å². The number of nitrogens with zero attached hydrogens (tertiary/aromatic N) is 1. The molecular formula is C24H27NO5. The largest absolute Gasteiger partial charge is 0.496 e. The Morgan fingerprint density at radius 2 is 1.73 bits per heavy atom. The molecule has 0 saturated heterocycles. The van der Waals surface area contributed by atoms with Crippen LogP contribution >= 0.6 is 0 Å². The third-order valence-electron chi connectivity index (χ3n) is 4.99. The Bertz CT molecular complexity index is 1170. The van der Waals surface area contributed by atoms with E-state index in [0.29, 0.717) is 27.8 Å². The number of pyridine rings is 1. The minimum Gasteiger partial charge on any atom is -0.496 e. The van der Waals surface area contributed by atoms with Crippen molar-refractivity contribution in [2.24, 2.45) is 7.05 Å². The molecule has 3 aromatic rings. The second-order valence-corrected chi connectivity index (χ2v) is 8.30. The number of hydrogen-bond donors (Lipinski definition) is 1. The zero-order valence-electron chi connectivity index (χ0n) is 18.1. The molecule has 0 radical (unpaired) electrons. The summed E-state index contributed by atoms with van der Waals surface area (Å²) in [7, 11) is 3.18. The van der Waals surface area contributed by atoms with E-state index in [1.54, 1.807) is 47.1 Å². The van der Waals surface area contributed by atoms with Gasteiger partial charge in [-0.2, -0.15) is 0 Å². The predicted octanol–water partition coefficient (Wildman–Crippen LogP) is 4.46. The molecule has 0 bridgehead atoms. The van der Waals surface area contributed by atoms with Gasteiger partial charge in [0.15, 0.2) is 6.10 Å². The molecule has 6 nitrogen and oxygen atoms in total. The van der Waals surface area contributed by atoms with Crippen LogP contribution in [0.3, 0.4) is 0 Å². The molecule has 1 unspecified atom stereocenters. The average molecular weight is 409 g/mol. The highest BCUT2D eigenvalue weighted by molar-refractivity contribution is 5.99. The van der Waals surface area contributed by atoms with Crippen LogP contribution in [0.25, 0.3) is 21.9 Å². The summed E-state index contributed by atoms with van der Waals surface area (Å²) in [6, 6.07) is 12.9. The number of aryl methyl sites for hydroxylation is 1. The Labute approximate surface area is 175 Å². The van der Waals surface area contributed by atoms with Gasteiger partial charge in [0.25, 0.3) is 5.56 Å². The van der Waals surface area contributed by atoms with Crippen LogP contribution in [0, 0.1) is 6.92 Å². The molecule has 30 heavy (non-hydrogen) atoms. The molecule has 1 aromatic heterocycles. The lowest BCUT2D eigenvalue weighted by Crippen LogP contribution is -2.32. The Kier molecular flexibility index (Phi) is 5.72. The molecule has 0 fully saturated rings. The van der Waals surface area contributed by atoms with Crippen LogP contribution in [0.2, 0.25) is 0 Å². The van der Waals surface area contributed by atoms with Crippen molar-refractivity contribution in [2.75, 3.05) is 7.11 Å². The number of aromatic nitrogens is 1. The van der Waals surface area contributed by atoms with Crippen molar-refractivity contribution in [3.05, 3.63) is 64.1 Å². The van der Waals surface area contributed by atoms with Gasteiger partial charge in [-0.15, -0.1) is 0 Å². The van der Waals surface area contributed by atoms with E-state index in [1.807, 2.05) is 37.3 Å². The number of benzene rings is 2. The lowest BCUT2D eigenvalue weighted by molar-refractivity contribution is -0.161. The van der Waals surface area contributed by atoms with Crippen LogP contribution in [0.15, 0.2) is 47.3 Å². The van der Waals surface area contributed by atoms with E-state index < -0.39 is 17.7 Å².